The summed E-state index contributed by atoms with van der Waals surface area (Å²) in [6.07, 6.45) is -1.46. The summed E-state index contributed by atoms with van der Waals surface area (Å²) in [6, 6.07) is 9.64. The lowest BCUT2D eigenvalue weighted by Gasteiger charge is -2.16. The Morgan fingerprint density at radius 1 is 1.11 bits per heavy atom. The molecule has 0 aliphatic carbocycles. The summed E-state index contributed by atoms with van der Waals surface area (Å²) in [5.74, 6) is 0.362. The number of nitrogens with one attached hydrogen (secondary N) is 1. The van der Waals surface area contributed by atoms with E-state index in [4.69, 9.17) is 9.57 Å². The van der Waals surface area contributed by atoms with Gasteiger partial charge in [0.1, 0.15) is 24.6 Å². The molecule has 0 radical (unpaired) electrons. The molecule has 4 rings (SSSR count). The fourth-order valence-corrected chi connectivity index (χ4v) is 2.98. The van der Waals surface area contributed by atoms with E-state index < -0.39 is 31.1 Å². The largest absolute Gasteiger partial charge is 0.394 e. The summed E-state index contributed by atoms with van der Waals surface area (Å²) >= 11 is 0. The number of benzene rings is 1. The van der Waals surface area contributed by atoms with Gasteiger partial charge < -0.3 is 20.1 Å². The first-order valence-electron chi connectivity index (χ1n) is 8.40. The topological polar surface area (TPSA) is 135 Å². The van der Waals surface area contributed by atoms with Crippen molar-refractivity contribution < 1.29 is 24.9 Å². The van der Waals surface area contributed by atoms with E-state index in [0.29, 0.717) is 23.6 Å². The molecule has 10 heteroatoms. The first-order valence-corrected chi connectivity index (χ1v) is 8.40. The summed E-state index contributed by atoms with van der Waals surface area (Å²) in [6.45, 7) is -0.0711. The van der Waals surface area contributed by atoms with E-state index in [2.05, 4.69) is 20.4 Å². The second-order valence-corrected chi connectivity index (χ2v) is 6.15. The maximum absolute atomic E-state index is 10.2. The minimum absolute atomic E-state index is 0.335. The van der Waals surface area contributed by atoms with E-state index in [-0.39, 0.29) is 0 Å². The molecule has 0 saturated carbocycles. The van der Waals surface area contributed by atoms with Crippen LogP contribution >= 0.6 is 0 Å². The number of hydrogen-bond donors (Lipinski definition) is 4. The van der Waals surface area contributed by atoms with Crippen LogP contribution in [0, 0.1) is 0 Å². The number of imidazole rings is 1. The second-order valence-electron chi connectivity index (χ2n) is 6.15. The van der Waals surface area contributed by atoms with Gasteiger partial charge in [0, 0.05) is 0 Å². The molecule has 4 N–H and O–H groups in total. The van der Waals surface area contributed by atoms with Gasteiger partial charge in [-0.25, -0.2) is 20.4 Å². The van der Waals surface area contributed by atoms with Crippen LogP contribution in [-0.4, -0.2) is 59.8 Å². The maximum Gasteiger partial charge on any atom is 0.181 e. The molecule has 10 nitrogen and oxygen atoms in total. The van der Waals surface area contributed by atoms with Gasteiger partial charge >= 0.3 is 0 Å². The molecule has 4 unspecified atom stereocenters. The smallest absolute Gasteiger partial charge is 0.181 e. The lowest BCUT2D eigenvalue weighted by molar-refractivity contribution is -0.0511. The van der Waals surface area contributed by atoms with Crippen molar-refractivity contribution in [3.63, 3.8) is 0 Å². The number of rotatable bonds is 6. The van der Waals surface area contributed by atoms with Crippen LogP contribution in [-0.2, 0) is 16.2 Å². The molecule has 0 bridgehead atoms. The summed E-state index contributed by atoms with van der Waals surface area (Å²) in [4.78, 5) is 18.0. The molecular weight excluding hydrogens is 354 g/mol. The normalized spacial score (nSPS) is 25.1. The van der Waals surface area contributed by atoms with Crippen molar-refractivity contribution in [1.82, 2.24) is 19.5 Å². The number of aromatic nitrogens is 4. The van der Waals surface area contributed by atoms with Gasteiger partial charge in [0.05, 0.1) is 19.5 Å². The van der Waals surface area contributed by atoms with Crippen LogP contribution < -0.4 is 5.48 Å². The van der Waals surface area contributed by atoms with Crippen molar-refractivity contribution in [2.45, 2.75) is 31.1 Å². The van der Waals surface area contributed by atoms with Crippen molar-refractivity contribution in [2.75, 3.05) is 12.1 Å². The first-order chi connectivity index (χ1) is 13.2. The SMILES string of the molecule is OCC1OC(n2cnc3c(NOCc4ccccc4)ncnc32)C(O)C1O. The van der Waals surface area contributed by atoms with Gasteiger partial charge in [-0.3, -0.25) is 9.40 Å². The van der Waals surface area contributed by atoms with Gasteiger partial charge in [0.2, 0.25) is 0 Å². The van der Waals surface area contributed by atoms with Crippen molar-refractivity contribution in [2.24, 2.45) is 0 Å². The monoisotopic (exact) mass is 373 g/mol. The Bertz CT molecular complexity index is 905. The van der Waals surface area contributed by atoms with Crippen molar-refractivity contribution in [1.29, 1.82) is 0 Å². The molecule has 2 aromatic heterocycles. The Balaban J connectivity index is 1.53. The molecule has 1 aliphatic rings. The number of aliphatic hydroxyl groups is 3. The zero-order valence-corrected chi connectivity index (χ0v) is 14.2. The van der Waals surface area contributed by atoms with Gasteiger partial charge in [0.15, 0.2) is 23.2 Å². The highest BCUT2D eigenvalue weighted by atomic mass is 16.6. The second kappa shape index (κ2) is 7.55. The summed E-state index contributed by atoms with van der Waals surface area (Å²) in [5, 5.41) is 29.4. The fraction of sp³-hybridized carbons (Fsp3) is 0.353. The van der Waals surface area contributed by atoms with E-state index in [0.717, 1.165) is 5.56 Å². The number of fused-ring (bicyclic) bond motifs is 1. The lowest BCUT2D eigenvalue weighted by atomic mass is 10.1. The van der Waals surface area contributed by atoms with Crippen LogP contribution in [0.5, 0.6) is 0 Å². The van der Waals surface area contributed by atoms with Crippen molar-refractivity contribution in [3.8, 4) is 0 Å². The van der Waals surface area contributed by atoms with Crippen LogP contribution in [0.4, 0.5) is 5.82 Å². The maximum atomic E-state index is 10.2. The highest BCUT2D eigenvalue weighted by molar-refractivity contribution is 5.82. The van der Waals surface area contributed by atoms with Gasteiger partial charge in [-0.05, 0) is 5.56 Å². The Morgan fingerprint density at radius 2 is 1.93 bits per heavy atom. The predicted octanol–water partition coefficient (Wildman–Crippen LogP) is -0.0185. The molecule has 0 amide bonds. The van der Waals surface area contributed by atoms with Crippen molar-refractivity contribution in [3.05, 3.63) is 48.5 Å². The highest BCUT2D eigenvalue weighted by Gasteiger charge is 2.44. The molecule has 0 spiro atoms. The molecule has 1 fully saturated rings. The Morgan fingerprint density at radius 3 is 2.67 bits per heavy atom. The average molecular weight is 373 g/mol. The summed E-state index contributed by atoms with van der Waals surface area (Å²) < 4.78 is 7.02. The van der Waals surface area contributed by atoms with Gasteiger partial charge in [-0.2, -0.15) is 0 Å². The zero-order valence-electron chi connectivity index (χ0n) is 14.2. The third kappa shape index (κ3) is 3.36. The third-order valence-electron chi connectivity index (χ3n) is 4.40. The van der Waals surface area contributed by atoms with Gasteiger partial charge in [0.25, 0.3) is 0 Å². The van der Waals surface area contributed by atoms with Crippen LogP contribution in [0.1, 0.15) is 11.8 Å². The first kappa shape index (κ1) is 17.8. The summed E-state index contributed by atoms with van der Waals surface area (Å²) in [7, 11) is 0. The van der Waals surface area contributed by atoms with Crippen LogP contribution in [0.3, 0.4) is 0 Å². The molecule has 3 heterocycles. The fourth-order valence-electron chi connectivity index (χ4n) is 2.98. The van der Waals surface area contributed by atoms with Crippen LogP contribution in [0.2, 0.25) is 0 Å². The van der Waals surface area contributed by atoms with Crippen molar-refractivity contribution >= 4 is 17.0 Å². The molecule has 27 heavy (non-hydrogen) atoms. The third-order valence-corrected chi connectivity index (χ3v) is 4.40. The number of nitrogens with zero attached hydrogens (tertiary/aromatic N) is 4. The number of ether oxygens (including phenoxy) is 1. The molecule has 1 saturated heterocycles. The van der Waals surface area contributed by atoms with E-state index in [9.17, 15) is 15.3 Å². The number of hydrogen-bond acceptors (Lipinski definition) is 9. The Hall–Kier alpha value is -2.63. The summed E-state index contributed by atoms with van der Waals surface area (Å²) in [5.41, 5.74) is 4.57. The lowest BCUT2D eigenvalue weighted by Crippen LogP contribution is -2.33. The predicted molar refractivity (Wildman–Crippen MR) is 93.2 cm³/mol. The molecule has 1 aromatic carbocycles. The van der Waals surface area contributed by atoms with E-state index in [1.807, 2.05) is 30.3 Å². The molecule has 3 aromatic rings. The minimum Gasteiger partial charge on any atom is -0.394 e. The number of aliphatic hydroxyl groups excluding tert-OH is 3. The van der Waals surface area contributed by atoms with Gasteiger partial charge in [-0.1, -0.05) is 30.3 Å². The Kier molecular flexibility index (Phi) is 4.97. The standard InChI is InChI=1S/C17H19N5O5/c23-6-11-13(24)14(25)17(27-11)22-9-20-12-15(18-8-19-16(12)22)21-26-7-10-4-2-1-3-5-10/h1-5,8-9,11,13-14,17,23-25H,6-7H2,(H,18,19,21). The van der Waals surface area contributed by atoms with Crippen LogP contribution in [0.25, 0.3) is 11.2 Å². The molecular formula is C17H19N5O5. The number of anilines is 1. The molecule has 1 aliphatic heterocycles. The average Bonchev–Trinajstić information content (AvgIpc) is 3.25. The molecule has 142 valence electrons. The molecule has 4 atom stereocenters. The Labute approximate surface area is 154 Å². The zero-order chi connectivity index (χ0) is 18.8. The van der Waals surface area contributed by atoms with Crippen LogP contribution in [0.15, 0.2) is 43.0 Å². The van der Waals surface area contributed by atoms with E-state index >= 15 is 0 Å². The highest BCUT2D eigenvalue weighted by Crippen LogP contribution is 2.32. The van der Waals surface area contributed by atoms with E-state index in [1.54, 1.807) is 0 Å². The quantitative estimate of drug-likeness (QED) is 0.440. The minimum atomic E-state index is -1.22. The van der Waals surface area contributed by atoms with E-state index in [1.165, 1.54) is 17.2 Å². The van der Waals surface area contributed by atoms with Gasteiger partial charge in [-0.15, -0.1) is 0 Å².